The van der Waals surface area contributed by atoms with Crippen LogP contribution in [0, 0.1) is 0 Å². The highest BCUT2D eigenvalue weighted by Crippen LogP contribution is 2.24. The van der Waals surface area contributed by atoms with Crippen LogP contribution < -0.4 is 0 Å². The molecule has 1 amide bonds. The topological polar surface area (TPSA) is 88.8 Å². The van der Waals surface area contributed by atoms with E-state index < -0.39 is 0 Å². The molecule has 0 aliphatic carbocycles. The smallest absolute Gasteiger partial charge is 0.323 e. The second kappa shape index (κ2) is 6.88. The SMILES string of the molecule is CC(=O)N(Cc1noc(C(C)C)n1)[C@@H]1CCN([C@H]2CCOC2=O)C1. The molecular formula is C16H24N4O4. The van der Waals surface area contributed by atoms with Gasteiger partial charge in [0.1, 0.15) is 6.04 Å². The predicted molar refractivity (Wildman–Crippen MR) is 84.0 cm³/mol. The molecule has 24 heavy (non-hydrogen) atoms. The van der Waals surface area contributed by atoms with Crippen molar-refractivity contribution < 1.29 is 18.8 Å². The first kappa shape index (κ1) is 16.9. The average Bonchev–Trinajstić information content (AvgIpc) is 3.24. The van der Waals surface area contributed by atoms with Crippen LogP contribution in [0.3, 0.4) is 0 Å². The Kier molecular flexibility index (Phi) is 4.84. The number of carbonyl (C=O) groups excluding carboxylic acids is 2. The molecule has 2 atom stereocenters. The monoisotopic (exact) mass is 336 g/mol. The minimum Gasteiger partial charge on any atom is -0.464 e. The van der Waals surface area contributed by atoms with Crippen LogP contribution in [0.1, 0.15) is 51.2 Å². The van der Waals surface area contributed by atoms with Crippen molar-refractivity contribution in [2.45, 2.75) is 58.2 Å². The molecule has 0 aromatic carbocycles. The Morgan fingerprint density at radius 3 is 2.79 bits per heavy atom. The predicted octanol–water partition coefficient (Wildman–Crippen LogP) is 0.931. The van der Waals surface area contributed by atoms with Crippen molar-refractivity contribution in [2.24, 2.45) is 0 Å². The minimum atomic E-state index is -0.165. The number of amides is 1. The second-order valence-corrected chi connectivity index (χ2v) is 6.76. The fourth-order valence-corrected chi connectivity index (χ4v) is 3.34. The first-order chi connectivity index (χ1) is 11.5. The van der Waals surface area contributed by atoms with Crippen molar-refractivity contribution in [3.63, 3.8) is 0 Å². The number of hydrogen-bond acceptors (Lipinski definition) is 7. The van der Waals surface area contributed by atoms with Crippen molar-refractivity contribution >= 4 is 11.9 Å². The van der Waals surface area contributed by atoms with Crippen molar-refractivity contribution in [3.05, 3.63) is 11.7 Å². The summed E-state index contributed by atoms with van der Waals surface area (Å²) in [6, 6.07) is -0.113. The molecule has 132 valence electrons. The highest BCUT2D eigenvalue weighted by atomic mass is 16.5. The maximum absolute atomic E-state index is 12.1. The summed E-state index contributed by atoms with van der Waals surface area (Å²) in [5.41, 5.74) is 0. The van der Waals surface area contributed by atoms with Crippen molar-refractivity contribution in [3.8, 4) is 0 Å². The number of likely N-dealkylation sites (tertiary alicyclic amines) is 1. The van der Waals surface area contributed by atoms with Gasteiger partial charge < -0.3 is 14.2 Å². The zero-order valence-electron chi connectivity index (χ0n) is 14.4. The van der Waals surface area contributed by atoms with Crippen LogP contribution >= 0.6 is 0 Å². The van der Waals surface area contributed by atoms with Crippen LogP contribution in [0.2, 0.25) is 0 Å². The van der Waals surface area contributed by atoms with E-state index in [-0.39, 0.29) is 29.9 Å². The number of cyclic esters (lactones) is 1. The molecule has 2 saturated heterocycles. The third-order valence-corrected chi connectivity index (χ3v) is 4.68. The first-order valence-corrected chi connectivity index (χ1v) is 8.46. The number of carbonyl (C=O) groups is 2. The number of esters is 1. The van der Waals surface area contributed by atoms with Crippen LogP contribution in [0.25, 0.3) is 0 Å². The summed E-state index contributed by atoms with van der Waals surface area (Å²) in [6.07, 6.45) is 1.56. The Hall–Kier alpha value is -1.96. The van der Waals surface area contributed by atoms with Crippen LogP contribution in [0.15, 0.2) is 4.52 Å². The van der Waals surface area contributed by atoms with E-state index in [9.17, 15) is 9.59 Å². The molecule has 0 unspecified atom stereocenters. The lowest BCUT2D eigenvalue weighted by Crippen LogP contribution is -2.43. The lowest BCUT2D eigenvalue weighted by molar-refractivity contribution is -0.142. The fourth-order valence-electron chi connectivity index (χ4n) is 3.34. The maximum Gasteiger partial charge on any atom is 0.323 e. The summed E-state index contributed by atoms with van der Waals surface area (Å²) in [5, 5.41) is 3.97. The Morgan fingerprint density at radius 1 is 1.42 bits per heavy atom. The van der Waals surface area contributed by atoms with Crippen molar-refractivity contribution in [2.75, 3.05) is 19.7 Å². The van der Waals surface area contributed by atoms with Gasteiger partial charge in [-0.25, -0.2) is 0 Å². The summed E-state index contributed by atoms with van der Waals surface area (Å²) in [4.78, 5) is 32.1. The van der Waals surface area contributed by atoms with Crippen molar-refractivity contribution in [1.82, 2.24) is 19.9 Å². The first-order valence-electron chi connectivity index (χ1n) is 8.46. The molecule has 0 bridgehead atoms. The van der Waals surface area contributed by atoms with Gasteiger partial charge in [0.25, 0.3) is 0 Å². The van der Waals surface area contributed by atoms with Gasteiger partial charge in [0.2, 0.25) is 11.8 Å². The van der Waals surface area contributed by atoms with Crippen molar-refractivity contribution in [1.29, 1.82) is 0 Å². The van der Waals surface area contributed by atoms with E-state index in [1.165, 1.54) is 0 Å². The largest absolute Gasteiger partial charge is 0.464 e. The van der Waals surface area contributed by atoms with Crippen LogP contribution in [-0.4, -0.2) is 63.6 Å². The average molecular weight is 336 g/mol. The lowest BCUT2D eigenvalue weighted by atomic mass is 10.2. The quantitative estimate of drug-likeness (QED) is 0.739. The summed E-state index contributed by atoms with van der Waals surface area (Å²) in [5.74, 6) is 1.09. The van der Waals surface area contributed by atoms with Crippen LogP contribution in [0.4, 0.5) is 0 Å². The van der Waals surface area contributed by atoms with Gasteiger partial charge >= 0.3 is 5.97 Å². The summed E-state index contributed by atoms with van der Waals surface area (Å²) < 4.78 is 10.3. The Morgan fingerprint density at radius 2 is 2.21 bits per heavy atom. The van der Waals surface area contributed by atoms with E-state index in [1.807, 2.05) is 13.8 Å². The third kappa shape index (κ3) is 3.43. The molecule has 0 spiro atoms. The van der Waals surface area contributed by atoms with E-state index >= 15 is 0 Å². The van der Waals surface area contributed by atoms with Gasteiger partial charge in [0, 0.05) is 38.4 Å². The number of ether oxygens (including phenoxy) is 1. The molecule has 1 aromatic heterocycles. The third-order valence-electron chi connectivity index (χ3n) is 4.68. The molecule has 1 aromatic rings. The number of aromatic nitrogens is 2. The van der Waals surface area contributed by atoms with E-state index in [4.69, 9.17) is 9.26 Å². The molecule has 3 rings (SSSR count). The lowest BCUT2D eigenvalue weighted by Gasteiger charge is -2.27. The van der Waals surface area contributed by atoms with E-state index in [2.05, 4.69) is 15.0 Å². The normalized spacial score (nSPS) is 24.6. The van der Waals surface area contributed by atoms with Gasteiger partial charge in [-0.05, 0) is 6.42 Å². The van der Waals surface area contributed by atoms with Crippen LogP contribution in [-0.2, 0) is 20.9 Å². The van der Waals surface area contributed by atoms with Crippen LogP contribution in [0.5, 0.6) is 0 Å². The molecule has 2 aliphatic heterocycles. The zero-order chi connectivity index (χ0) is 17.3. The number of hydrogen-bond donors (Lipinski definition) is 0. The molecule has 0 radical (unpaired) electrons. The number of nitrogens with zero attached hydrogens (tertiary/aromatic N) is 4. The number of rotatable bonds is 5. The van der Waals surface area contributed by atoms with Gasteiger partial charge in [0.05, 0.1) is 13.2 Å². The molecule has 3 heterocycles. The summed E-state index contributed by atoms with van der Waals surface area (Å²) >= 11 is 0. The Bertz CT molecular complexity index is 615. The molecule has 0 N–H and O–H groups in total. The fraction of sp³-hybridized carbons (Fsp3) is 0.750. The Labute approximate surface area is 141 Å². The maximum atomic E-state index is 12.1. The van der Waals surface area contributed by atoms with Gasteiger partial charge in [-0.1, -0.05) is 19.0 Å². The molecule has 8 heteroatoms. The Balaban J connectivity index is 1.65. The van der Waals surface area contributed by atoms with E-state index in [0.29, 0.717) is 31.4 Å². The standard InChI is InChI=1S/C16H24N4O4/c1-10(2)15-17-14(18-24-15)9-20(11(3)21)12-4-6-19(8-12)13-5-7-23-16(13)22/h10,12-13H,4-9H2,1-3H3/t12-,13+/m1/s1. The van der Waals surface area contributed by atoms with E-state index in [1.54, 1.807) is 11.8 Å². The zero-order valence-corrected chi connectivity index (χ0v) is 14.4. The molecular weight excluding hydrogens is 312 g/mol. The molecule has 0 saturated carbocycles. The summed E-state index contributed by atoms with van der Waals surface area (Å²) in [6.45, 7) is 7.80. The molecule has 2 aliphatic rings. The summed E-state index contributed by atoms with van der Waals surface area (Å²) in [7, 11) is 0. The van der Waals surface area contributed by atoms with Gasteiger partial charge in [0.15, 0.2) is 5.82 Å². The second-order valence-electron chi connectivity index (χ2n) is 6.76. The highest BCUT2D eigenvalue weighted by molar-refractivity contribution is 5.77. The van der Waals surface area contributed by atoms with Gasteiger partial charge in [-0.2, -0.15) is 4.98 Å². The van der Waals surface area contributed by atoms with Gasteiger partial charge in [-0.3, -0.25) is 14.5 Å². The minimum absolute atomic E-state index is 0.0215. The molecule has 2 fully saturated rings. The van der Waals surface area contributed by atoms with Gasteiger partial charge in [-0.15, -0.1) is 0 Å². The molecule has 8 nitrogen and oxygen atoms in total. The highest BCUT2D eigenvalue weighted by Gasteiger charge is 2.39. The van der Waals surface area contributed by atoms with E-state index in [0.717, 1.165) is 19.4 Å².